The number of nitrogens with zero attached hydrogens (tertiary/aromatic N) is 1. The minimum absolute atomic E-state index is 0.0178. The Morgan fingerprint density at radius 2 is 1.37 bits per heavy atom. The second-order valence-electron chi connectivity index (χ2n) is 9.54. The number of likely N-dealkylation sites (tertiary alicyclic amines) is 1. The minimum atomic E-state index is 0.0178. The third-order valence-electron chi connectivity index (χ3n) is 6.51. The maximum atomic E-state index is 12.2. The summed E-state index contributed by atoms with van der Waals surface area (Å²) in [6.45, 7) is 4.59. The monoisotopic (exact) mass is 423 g/mol. The molecule has 4 heteroatoms. The van der Waals surface area contributed by atoms with Crippen molar-refractivity contribution in [3.63, 3.8) is 0 Å². The van der Waals surface area contributed by atoms with Crippen LogP contribution in [0.15, 0.2) is 0 Å². The fraction of sp³-hybridized carbons (Fsp3) is 0.923. The molecule has 0 radical (unpaired) electrons. The van der Waals surface area contributed by atoms with Crippen molar-refractivity contribution < 1.29 is 14.3 Å². The Bertz CT molecular complexity index is 421. The van der Waals surface area contributed by atoms with Gasteiger partial charge in [-0.3, -0.25) is 4.79 Å². The van der Waals surface area contributed by atoms with Crippen LogP contribution >= 0.6 is 0 Å². The average molecular weight is 424 g/mol. The molecule has 0 aromatic heterocycles. The fourth-order valence-corrected chi connectivity index (χ4v) is 4.41. The van der Waals surface area contributed by atoms with Crippen LogP contribution in [0.5, 0.6) is 0 Å². The predicted molar refractivity (Wildman–Crippen MR) is 126 cm³/mol. The van der Waals surface area contributed by atoms with Crippen molar-refractivity contribution in [2.75, 3.05) is 26.7 Å². The van der Waals surface area contributed by atoms with E-state index in [0.717, 1.165) is 25.8 Å². The largest absolute Gasteiger partial charge is 0.465 e. The zero-order valence-corrected chi connectivity index (χ0v) is 20.0. The third-order valence-corrected chi connectivity index (χ3v) is 6.51. The van der Waals surface area contributed by atoms with Crippen LogP contribution < -0.4 is 0 Å². The topological polar surface area (TPSA) is 46.6 Å². The summed E-state index contributed by atoms with van der Waals surface area (Å²) >= 11 is 0. The average Bonchev–Trinajstić information content (AvgIpc) is 2.72. The van der Waals surface area contributed by atoms with Gasteiger partial charge in [0.15, 0.2) is 0 Å². The third kappa shape index (κ3) is 14.2. The van der Waals surface area contributed by atoms with E-state index in [4.69, 9.17) is 4.74 Å². The van der Waals surface area contributed by atoms with Gasteiger partial charge in [-0.25, -0.2) is 0 Å². The lowest BCUT2D eigenvalue weighted by Gasteiger charge is -2.34. The zero-order valence-electron chi connectivity index (χ0n) is 20.0. The highest BCUT2D eigenvalue weighted by molar-refractivity contribution is 5.74. The maximum absolute atomic E-state index is 12.2. The maximum Gasteiger partial charge on any atom is 0.311 e. The molecular weight excluding hydrogens is 374 g/mol. The quantitative estimate of drug-likeness (QED) is 0.119. The Morgan fingerprint density at radius 3 is 1.87 bits per heavy atom. The summed E-state index contributed by atoms with van der Waals surface area (Å²) in [5.41, 5.74) is 0. The van der Waals surface area contributed by atoms with Gasteiger partial charge < -0.3 is 14.4 Å². The van der Waals surface area contributed by atoms with Gasteiger partial charge in [0.1, 0.15) is 6.29 Å². The van der Waals surface area contributed by atoms with Gasteiger partial charge in [0.05, 0.1) is 12.5 Å². The molecule has 1 unspecified atom stereocenters. The molecule has 1 rings (SSSR count). The van der Waals surface area contributed by atoms with E-state index in [-0.39, 0.29) is 11.9 Å². The lowest BCUT2D eigenvalue weighted by atomic mass is 9.94. The van der Waals surface area contributed by atoms with E-state index in [9.17, 15) is 9.59 Å². The first-order valence-corrected chi connectivity index (χ1v) is 13.0. The highest BCUT2D eigenvalue weighted by Crippen LogP contribution is 2.21. The van der Waals surface area contributed by atoms with Crippen LogP contribution in [-0.2, 0) is 14.3 Å². The Morgan fingerprint density at radius 1 is 0.867 bits per heavy atom. The van der Waals surface area contributed by atoms with Crippen LogP contribution in [0.2, 0.25) is 0 Å². The molecule has 0 saturated carbocycles. The summed E-state index contributed by atoms with van der Waals surface area (Å²) < 4.78 is 5.70. The Balaban J connectivity index is 2.16. The Hall–Kier alpha value is -0.900. The van der Waals surface area contributed by atoms with Crippen LogP contribution in [0.25, 0.3) is 0 Å². The number of carbonyl (C=O) groups excluding carboxylic acids is 2. The van der Waals surface area contributed by atoms with Crippen molar-refractivity contribution in [2.24, 2.45) is 11.8 Å². The smallest absolute Gasteiger partial charge is 0.311 e. The normalized spacial score (nSPS) is 15.7. The summed E-state index contributed by atoms with van der Waals surface area (Å²) in [7, 11) is 2.05. The van der Waals surface area contributed by atoms with Gasteiger partial charge in [0, 0.05) is 19.5 Å². The Kier molecular flexibility index (Phi) is 17.0. The summed E-state index contributed by atoms with van der Waals surface area (Å²) in [6.07, 6.45) is 22.1. The van der Waals surface area contributed by atoms with Crippen molar-refractivity contribution in [3.05, 3.63) is 0 Å². The predicted octanol–water partition coefficient (Wildman–Crippen LogP) is 6.56. The number of hydrogen-bond donors (Lipinski definition) is 0. The molecule has 1 aliphatic heterocycles. The van der Waals surface area contributed by atoms with Crippen molar-refractivity contribution in [2.45, 2.75) is 116 Å². The molecule has 30 heavy (non-hydrogen) atoms. The summed E-state index contributed by atoms with van der Waals surface area (Å²) in [5.74, 6) is 0.649. The van der Waals surface area contributed by atoms with E-state index < -0.39 is 0 Å². The van der Waals surface area contributed by atoms with Crippen molar-refractivity contribution in [1.82, 2.24) is 4.90 Å². The molecule has 0 spiro atoms. The van der Waals surface area contributed by atoms with Gasteiger partial charge in [0.25, 0.3) is 0 Å². The first-order chi connectivity index (χ1) is 14.7. The molecule has 1 atom stereocenters. The molecule has 0 N–H and O–H groups in total. The molecule has 1 fully saturated rings. The molecule has 176 valence electrons. The number of ether oxygens (including phenoxy) is 1. The SMILES string of the molecule is CCCCCCCCCCC(CCCCCCCCC=O)COC(=O)C1CN(C)C1. The van der Waals surface area contributed by atoms with Crippen molar-refractivity contribution in [3.8, 4) is 0 Å². The van der Waals surface area contributed by atoms with E-state index in [2.05, 4.69) is 11.8 Å². The second kappa shape index (κ2) is 18.8. The lowest BCUT2D eigenvalue weighted by molar-refractivity contribution is -0.155. The molecule has 0 aliphatic carbocycles. The molecular formula is C26H49NO3. The lowest BCUT2D eigenvalue weighted by Crippen LogP contribution is -2.48. The van der Waals surface area contributed by atoms with Crippen LogP contribution in [-0.4, -0.2) is 43.9 Å². The van der Waals surface area contributed by atoms with E-state index in [1.165, 1.54) is 96.3 Å². The van der Waals surface area contributed by atoms with Gasteiger partial charge >= 0.3 is 5.97 Å². The standard InChI is InChI=1S/C26H49NO3/c1-3-4-5-6-7-9-12-15-18-24(19-16-13-10-8-11-14-17-20-28)23-30-26(29)25-21-27(2)22-25/h20,24-25H,3-19,21-23H2,1-2H3. The first-order valence-electron chi connectivity index (χ1n) is 13.0. The Labute approximate surface area is 186 Å². The van der Waals surface area contributed by atoms with E-state index in [1.54, 1.807) is 0 Å². The van der Waals surface area contributed by atoms with Gasteiger partial charge in [0.2, 0.25) is 0 Å². The van der Waals surface area contributed by atoms with Crippen LogP contribution in [0.4, 0.5) is 0 Å². The molecule has 0 aromatic rings. The van der Waals surface area contributed by atoms with Crippen LogP contribution in [0.3, 0.4) is 0 Å². The van der Waals surface area contributed by atoms with E-state index >= 15 is 0 Å². The van der Waals surface area contributed by atoms with Crippen molar-refractivity contribution in [1.29, 1.82) is 0 Å². The van der Waals surface area contributed by atoms with Gasteiger partial charge in [-0.1, -0.05) is 90.4 Å². The van der Waals surface area contributed by atoms with Gasteiger partial charge in [-0.05, 0) is 32.2 Å². The molecule has 4 nitrogen and oxygen atoms in total. The van der Waals surface area contributed by atoms with E-state index in [0.29, 0.717) is 18.9 Å². The number of aldehydes is 1. The molecule has 0 bridgehead atoms. The first kappa shape index (κ1) is 27.1. The van der Waals surface area contributed by atoms with E-state index in [1.807, 2.05) is 7.05 Å². The number of esters is 1. The summed E-state index contributed by atoms with van der Waals surface area (Å²) in [5, 5.41) is 0. The molecule has 0 amide bonds. The number of unbranched alkanes of at least 4 members (excludes halogenated alkanes) is 13. The molecule has 0 aromatic carbocycles. The molecule has 1 heterocycles. The molecule has 1 saturated heterocycles. The molecule has 1 aliphatic rings. The number of rotatable bonds is 21. The zero-order chi connectivity index (χ0) is 21.9. The second-order valence-corrected chi connectivity index (χ2v) is 9.54. The van der Waals surface area contributed by atoms with Gasteiger partial charge in [-0.15, -0.1) is 0 Å². The van der Waals surface area contributed by atoms with Crippen molar-refractivity contribution >= 4 is 12.3 Å². The fourth-order valence-electron chi connectivity index (χ4n) is 4.41. The van der Waals surface area contributed by atoms with Crippen LogP contribution in [0, 0.1) is 11.8 Å². The van der Waals surface area contributed by atoms with Crippen LogP contribution in [0.1, 0.15) is 116 Å². The highest BCUT2D eigenvalue weighted by Gasteiger charge is 2.31. The minimum Gasteiger partial charge on any atom is -0.465 e. The highest BCUT2D eigenvalue weighted by atomic mass is 16.5. The summed E-state index contributed by atoms with van der Waals surface area (Å²) in [4.78, 5) is 24.7. The number of carbonyl (C=O) groups is 2. The van der Waals surface area contributed by atoms with Gasteiger partial charge in [-0.2, -0.15) is 0 Å². The summed E-state index contributed by atoms with van der Waals surface area (Å²) in [6, 6.07) is 0. The number of hydrogen-bond acceptors (Lipinski definition) is 4.